The summed E-state index contributed by atoms with van der Waals surface area (Å²) in [6, 6.07) is 3.72. The van der Waals surface area contributed by atoms with E-state index < -0.39 is 0 Å². The lowest BCUT2D eigenvalue weighted by atomic mass is 10.2. The molecule has 1 aliphatic carbocycles. The molecule has 1 aliphatic rings. The van der Waals surface area contributed by atoms with Gasteiger partial charge in [-0.1, -0.05) is 6.07 Å². The van der Waals surface area contributed by atoms with Gasteiger partial charge in [-0.15, -0.1) is 0 Å². The third-order valence-corrected chi connectivity index (χ3v) is 3.86. The third-order valence-electron chi connectivity index (χ3n) is 3.86. The van der Waals surface area contributed by atoms with Crippen LogP contribution in [0.25, 0.3) is 0 Å². The molecule has 0 aromatic carbocycles. The van der Waals surface area contributed by atoms with Crippen molar-refractivity contribution in [1.29, 1.82) is 0 Å². The van der Waals surface area contributed by atoms with Gasteiger partial charge in [-0.3, -0.25) is 4.79 Å². The number of nitrogens with one attached hydrogen (secondary N) is 1. The minimum absolute atomic E-state index is 0.142. The largest absolute Gasteiger partial charge is 0.382 e. The van der Waals surface area contributed by atoms with E-state index in [1.165, 1.54) is 17.7 Å². The van der Waals surface area contributed by atoms with Crippen LogP contribution < -0.4 is 10.9 Å². The average Bonchev–Trinajstić information content (AvgIpc) is 2.92. The number of fused-ring (bicyclic) bond motifs is 1. The zero-order chi connectivity index (χ0) is 14.2. The van der Waals surface area contributed by atoms with Crippen LogP contribution in [0.3, 0.4) is 0 Å². The molecule has 2 rings (SSSR count). The fourth-order valence-corrected chi connectivity index (χ4v) is 2.79. The van der Waals surface area contributed by atoms with Gasteiger partial charge in [0.05, 0.1) is 0 Å². The number of pyridine rings is 1. The molecule has 0 fully saturated rings. The van der Waals surface area contributed by atoms with Crippen LogP contribution in [0.4, 0.5) is 0 Å². The number of hydrogen-bond acceptors (Lipinski definition) is 3. The highest BCUT2D eigenvalue weighted by molar-refractivity contribution is 5.25. The smallest absolute Gasteiger partial charge is 0.250 e. The van der Waals surface area contributed by atoms with Crippen molar-refractivity contribution in [3.63, 3.8) is 0 Å². The number of hydrogen-bond donors (Lipinski definition) is 1. The zero-order valence-corrected chi connectivity index (χ0v) is 12.5. The number of ether oxygens (including phenoxy) is 1. The van der Waals surface area contributed by atoms with Crippen LogP contribution in [0.5, 0.6) is 0 Å². The maximum absolute atomic E-state index is 11.9. The Morgan fingerprint density at radius 2 is 2.15 bits per heavy atom. The number of aromatic nitrogens is 1. The Morgan fingerprint density at radius 1 is 1.25 bits per heavy atom. The molecule has 1 aromatic heterocycles. The van der Waals surface area contributed by atoms with Crippen molar-refractivity contribution in [2.75, 3.05) is 26.3 Å². The molecule has 20 heavy (non-hydrogen) atoms. The highest BCUT2D eigenvalue weighted by Crippen LogP contribution is 2.19. The summed E-state index contributed by atoms with van der Waals surface area (Å²) in [5.74, 6) is 0. The Hall–Kier alpha value is -1.13. The molecule has 1 heterocycles. The second-order valence-electron chi connectivity index (χ2n) is 5.30. The average molecular weight is 278 g/mol. The summed E-state index contributed by atoms with van der Waals surface area (Å²) in [5.41, 5.74) is 2.76. The predicted molar refractivity (Wildman–Crippen MR) is 81.3 cm³/mol. The van der Waals surface area contributed by atoms with Crippen molar-refractivity contribution in [2.45, 2.75) is 45.6 Å². The molecule has 0 bridgehead atoms. The fourth-order valence-electron chi connectivity index (χ4n) is 2.79. The molecule has 0 spiro atoms. The van der Waals surface area contributed by atoms with E-state index in [4.69, 9.17) is 4.74 Å². The van der Waals surface area contributed by atoms with Crippen molar-refractivity contribution >= 4 is 0 Å². The second-order valence-corrected chi connectivity index (χ2v) is 5.30. The van der Waals surface area contributed by atoms with Gasteiger partial charge in [-0.25, -0.2) is 0 Å². The Kier molecular flexibility index (Phi) is 6.27. The third kappa shape index (κ3) is 4.18. The van der Waals surface area contributed by atoms with Crippen LogP contribution >= 0.6 is 0 Å². The van der Waals surface area contributed by atoms with E-state index in [1.54, 1.807) is 6.07 Å². The second kappa shape index (κ2) is 8.22. The summed E-state index contributed by atoms with van der Waals surface area (Å²) in [4.78, 5) is 11.9. The van der Waals surface area contributed by atoms with Gasteiger partial charge >= 0.3 is 0 Å². The van der Waals surface area contributed by atoms with E-state index in [1.807, 2.05) is 17.6 Å². The minimum atomic E-state index is 0.142. The van der Waals surface area contributed by atoms with Crippen LogP contribution in [0.2, 0.25) is 0 Å². The molecular weight excluding hydrogens is 252 g/mol. The summed E-state index contributed by atoms with van der Waals surface area (Å²) in [6.45, 7) is 6.32. The minimum Gasteiger partial charge on any atom is -0.382 e. The van der Waals surface area contributed by atoms with Gasteiger partial charge in [-0.2, -0.15) is 0 Å². The maximum atomic E-state index is 11.9. The molecule has 0 saturated carbocycles. The first-order chi connectivity index (χ1) is 9.83. The molecule has 0 aliphatic heterocycles. The first kappa shape index (κ1) is 15.3. The molecule has 4 nitrogen and oxygen atoms in total. The first-order valence-electron chi connectivity index (χ1n) is 7.83. The summed E-state index contributed by atoms with van der Waals surface area (Å²) in [7, 11) is 0. The van der Waals surface area contributed by atoms with Crippen LogP contribution in [-0.4, -0.2) is 30.9 Å². The van der Waals surface area contributed by atoms with Crippen LogP contribution in [0.15, 0.2) is 16.9 Å². The molecule has 1 N–H and O–H groups in total. The summed E-state index contributed by atoms with van der Waals surface area (Å²) in [6.07, 6.45) is 5.59. The van der Waals surface area contributed by atoms with E-state index in [0.717, 1.165) is 58.5 Å². The monoisotopic (exact) mass is 278 g/mol. The molecule has 112 valence electrons. The summed E-state index contributed by atoms with van der Waals surface area (Å²) in [5, 5.41) is 3.41. The van der Waals surface area contributed by atoms with Crippen molar-refractivity contribution < 1.29 is 4.74 Å². The van der Waals surface area contributed by atoms with Crippen molar-refractivity contribution in [3.8, 4) is 0 Å². The molecule has 4 heteroatoms. The lowest BCUT2D eigenvalue weighted by Crippen LogP contribution is -2.29. The number of aryl methyl sites for hydroxylation is 1. The molecule has 0 radical (unpaired) electrons. The van der Waals surface area contributed by atoms with Crippen LogP contribution in [0, 0.1) is 0 Å². The predicted octanol–water partition coefficient (Wildman–Crippen LogP) is 1.74. The quantitative estimate of drug-likeness (QED) is 0.700. The standard InChI is InChI=1S/C16H26N2O2/c1-2-20-13-4-3-10-17-11-12-18-15-7-5-6-14(15)8-9-16(18)19/h8-9,17H,2-7,10-13H2,1H3. The lowest BCUT2D eigenvalue weighted by Gasteiger charge is -2.12. The Bertz CT molecular complexity index is 468. The Balaban J connectivity index is 1.70. The van der Waals surface area contributed by atoms with Crippen molar-refractivity contribution in [1.82, 2.24) is 9.88 Å². The molecule has 0 amide bonds. The lowest BCUT2D eigenvalue weighted by molar-refractivity contribution is 0.143. The highest BCUT2D eigenvalue weighted by atomic mass is 16.5. The summed E-state index contributed by atoms with van der Waals surface area (Å²) >= 11 is 0. The first-order valence-corrected chi connectivity index (χ1v) is 7.83. The van der Waals surface area contributed by atoms with E-state index in [9.17, 15) is 4.79 Å². The van der Waals surface area contributed by atoms with Gasteiger partial charge in [0.2, 0.25) is 0 Å². The SMILES string of the molecule is CCOCCCCNCCn1c2c(ccc1=O)CCC2. The van der Waals surface area contributed by atoms with Gasteiger partial charge in [0.1, 0.15) is 0 Å². The molecule has 1 aromatic rings. The molecular formula is C16H26N2O2. The normalized spacial score (nSPS) is 13.7. The van der Waals surface area contributed by atoms with E-state index in [2.05, 4.69) is 5.32 Å². The Morgan fingerprint density at radius 3 is 3.00 bits per heavy atom. The molecule has 0 saturated heterocycles. The van der Waals surface area contributed by atoms with Crippen molar-refractivity contribution in [2.24, 2.45) is 0 Å². The van der Waals surface area contributed by atoms with Crippen molar-refractivity contribution in [3.05, 3.63) is 33.7 Å². The molecule has 0 atom stereocenters. The van der Waals surface area contributed by atoms with Gasteiger partial charge in [0.25, 0.3) is 5.56 Å². The van der Waals surface area contributed by atoms with Crippen LogP contribution in [0.1, 0.15) is 37.4 Å². The Labute approximate surface area is 121 Å². The topological polar surface area (TPSA) is 43.3 Å². The fraction of sp³-hybridized carbons (Fsp3) is 0.688. The van der Waals surface area contributed by atoms with Gasteiger partial charge < -0.3 is 14.6 Å². The van der Waals surface area contributed by atoms with E-state index in [0.29, 0.717) is 0 Å². The maximum Gasteiger partial charge on any atom is 0.250 e. The van der Waals surface area contributed by atoms with Gasteiger partial charge in [-0.05, 0) is 51.1 Å². The van der Waals surface area contributed by atoms with Crippen LogP contribution in [-0.2, 0) is 24.1 Å². The van der Waals surface area contributed by atoms with E-state index >= 15 is 0 Å². The van der Waals surface area contributed by atoms with E-state index in [-0.39, 0.29) is 5.56 Å². The number of rotatable bonds is 9. The molecule has 0 unspecified atom stereocenters. The highest BCUT2D eigenvalue weighted by Gasteiger charge is 2.15. The zero-order valence-electron chi connectivity index (χ0n) is 12.5. The summed E-state index contributed by atoms with van der Waals surface area (Å²) < 4.78 is 7.26. The van der Waals surface area contributed by atoms with Gasteiger partial charge in [0.15, 0.2) is 0 Å². The number of unbranched alkanes of at least 4 members (excludes halogenated alkanes) is 1. The van der Waals surface area contributed by atoms with Gasteiger partial charge in [0, 0.05) is 38.1 Å². The number of nitrogens with zero attached hydrogens (tertiary/aromatic N) is 1.